The highest BCUT2D eigenvalue weighted by Gasteiger charge is 2.51. The molecule has 2 heterocycles. The van der Waals surface area contributed by atoms with Crippen molar-refractivity contribution in [2.75, 3.05) is 19.6 Å². The monoisotopic (exact) mass is 339 g/mol. The molecule has 0 radical (unpaired) electrons. The Morgan fingerprint density at radius 2 is 2.12 bits per heavy atom. The number of carbonyl (C=O) groups excluding carboxylic acids is 1. The number of amides is 2. The summed E-state index contributed by atoms with van der Waals surface area (Å²) in [5.74, 6) is 1.23. The first-order valence-corrected chi connectivity index (χ1v) is 9.09. The zero-order chi connectivity index (χ0) is 17.3. The van der Waals surface area contributed by atoms with E-state index in [9.17, 15) is 4.79 Å². The molecule has 1 saturated carbocycles. The number of hydrogen-bond donors (Lipinski definition) is 1. The first-order valence-electron chi connectivity index (χ1n) is 9.09. The fourth-order valence-electron chi connectivity index (χ4n) is 4.30. The molecule has 0 bridgehead atoms. The summed E-state index contributed by atoms with van der Waals surface area (Å²) in [6, 6.07) is 10.7. The fourth-order valence-corrected chi connectivity index (χ4v) is 4.30. The van der Waals surface area contributed by atoms with E-state index in [0.717, 1.165) is 18.9 Å². The van der Waals surface area contributed by atoms with E-state index in [1.165, 1.54) is 24.8 Å². The Labute approximate surface area is 148 Å². The first kappa shape index (κ1) is 16.1. The van der Waals surface area contributed by atoms with Gasteiger partial charge in [-0.15, -0.1) is 0 Å². The molecule has 1 unspecified atom stereocenters. The van der Waals surface area contributed by atoms with Crippen molar-refractivity contribution < 1.29 is 4.79 Å². The van der Waals surface area contributed by atoms with Gasteiger partial charge in [0.2, 0.25) is 0 Å². The van der Waals surface area contributed by atoms with Crippen molar-refractivity contribution in [2.45, 2.75) is 31.6 Å². The quantitative estimate of drug-likeness (QED) is 0.930. The van der Waals surface area contributed by atoms with Crippen molar-refractivity contribution in [3.05, 3.63) is 48.0 Å². The molecule has 6 heteroatoms. The molecule has 6 nitrogen and oxygen atoms in total. The molecule has 4 rings (SSSR count). The van der Waals surface area contributed by atoms with E-state index in [1.54, 1.807) is 11.0 Å². The van der Waals surface area contributed by atoms with E-state index in [0.29, 0.717) is 24.3 Å². The summed E-state index contributed by atoms with van der Waals surface area (Å²) in [6.07, 6.45) is 6.09. The molecule has 2 fully saturated rings. The minimum absolute atomic E-state index is 0.0423. The second-order valence-corrected chi connectivity index (χ2v) is 7.38. The highest BCUT2D eigenvalue weighted by Crippen LogP contribution is 2.55. The second kappa shape index (κ2) is 6.50. The average molecular weight is 339 g/mol. The van der Waals surface area contributed by atoms with Gasteiger partial charge in [0, 0.05) is 39.0 Å². The molecule has 1 spiro atoms. The molecule has 1 N–H and O–H groups in total. The van der Waals surface area contributed by atoms with Crippen LogP contribution in [-0.4, -0.2) is 45.3 Å². The molecule has 2 aliphatic rings. The van der Waals surface area contributed by atoms with Gasteiger partial charge in [-0.05, 0) is 23.8 Å². The predicted molar refractivity (Wildman–Crippen MR) is 95.1 cm³/mol. The largest absolute Gasteiger partial charge is 0.338 e. The standard InChI is InChI=1S/C19H25N5O/c1-23-14-21-17(22-23)8-11-20-18(25)24-12-16(15-6-3-2-4-7-15)19(13-24)9-5-10-19/h2-4,6-7,14,16H,5,8-13H2,1H3,(H,20,25). The van der Waals surface area contributed by atoms with Crippen molar-refractivity contribution in [2.24, 2.45) is 12.5 Å². The maximum atomic E-state index is 12.6. The molecule has 1 saturated heterocycles. The maximum absolute atomic E-state index is 12.6. The number of aromatic nitrogens is 3. The molecular formula is C19H25N5O. The van der Waals surface area contributed by atoms with E-state index < -0.39 is 0 Å². The highest BCUT2D eigenvalue weighted by molar-refractivity contribution is 5.75. The van der Waals surface area contributed by atoms with Gasteiger partial charge in [-0.2, -0.15) is 5.10 Å². The van der Waals surface area contributed by atoms with Gasteiger partial charge in [-0.1, -0.05) is 36.8 Å². The van der Waals surface area contributed by atoms with Gasteiger partial charge in [0.15, 0.2) is 5.82 Å². The number of urea groups is 1. The van der Waals surface area contributed by atoms with Crippen LogP contribution in [0.5, 0.6) is 0 Å². The molecule has 1 aromatic carbocycles. The molecule has 1 atom stereocenters. The molecule has 1 aromatic heterocycles. The fraction of sp³-hybridized carbons (Fsp3) is 0.526. The van der Waals surface area contributed by atoms with Crippen LogP contribution < -0.4 is 5.32 Å². The lowest BCUT2D eigenvalue weighted by molar-refractivity contribution is 0.124. The van der Waals surface area contributed by atoms with E-state index in [4.69, 9.17) is 0 Å². The first-order chi connectivity index (χ1) is 12.2. The van der Waals surface area contributed by atoms with Crippen molar-refractivity contribution in [3.63, 3.8) is 0 Å². The number of rotatable bonds is 4. The Hall–Kier alpha value is -2.37. The summed E-state index contributed by atoms with van der Waals surface area (Å²) in [7, 11) is 1.85. The van der Waals surface area contributed by atoms with E-state index in [2.05, 4.69) is 45.7 Å². The molecule has 2 aromatic rings. The zero-order valence-corrected chi connectivity index (χ0v) is 14.7. The van der Waals surface area contributed by atoms with Crippen LogP contribution in [0.15, 0.2) is 36.7 Å². The van der Waals surface area contributed by atoms with Gasteiger partial charge in [-0.25, -0.2) is 9.78 Å². The van der Waals surface area contributed by atoms with Crippen LogP contribution in [0.2, 0.25) is 0 Å². The third-order valence-corrected chi connectivity index (χ3v) is 5.76. The van der Waals surface area contributed by atoms with Gasteiger partial charge in [0.1, 0.15) is 6.33 Å². The molecule has 1 aliphatic heterocycles. The van der Waals surface area contributed by atoms with Crippen LogP contribution in [-0.2, 0) is 13.5 Å². The molecule has 1 aliphatic carbocycles. The summed E-state index contributed by atoms with van der Waals surface area (Å²) in [4.78, 5) is 18.8. The normalized spacial score (nSPS) is 21.3. The Morgan fingerprint density at radius 3 is 2.76 bits per heavy atom. The van der Waals surface area contributed by atoms with Crippen molar-refractivity contribution in [1.82, 2.24) is 25.0 Å². The van der Waals surface area contributed by atoms with Gasteiger partial charge in [0.25, 0.3) is 0 Å². The summed E-state index contributed by atoms with van der Waals surface area (Å²) in [6.45, 7) is 2.26. The topological polar surface area (TPSA) is 63.1 Å². The van der Waals surface area contributed by atoms with Gasteiger partial charge < -0.3 is 10.2 Å². The lowest BCUT2D eigenvalue weighted by Crippen LogP contribution is -2.42. The van der Waals surface area contributed by atoms with Crippen molar-refractivity contribution in [1.29, 1.82) is 0 Å². The minimum Gasteiger partial charge on any atom is -0.338 e. The van der Waals surface area contributed by atoms with Gasteiger partial charge in [0.05, 0.1) is 0 Å². The van der Waals surface area contributed by atoms with Crippen LogP contribution in [0.4, 0.5) is 4.79 Å². The molecule has 25 heavy (non-hydrogen) atoms. The zero-order valence-electron chi connectivity index (χ0n) is 14.7. The SMILES string of the molecule is Cn1cnc(CCNC(=O)N2CC(c3ccccc3)C3(CCC3)C2)n1. The minimum atomic E-state index is 0.0423. The summed E-state index contributed by atoms with van der Waals surface area (Å²) >= 11 is 0. The van der Waals surface area contributed by atoms with Crippen LogP contribution in [0.25, 0.3) is 0 Å². The van der Waals surface area contributed by atoms with Gasteiger partial charge in [-0.3, -0.25) is 4.68 Å². The Balaban J connectivity index is 1.37. The predicted octanol–water partition coefficient (Wildman–Crippen LogP) is 2.34. The Kier molecular flexibility index (Phi) is 4.19. The van der Waals surface area contributed by atoms with Gasteiger partial charge >= 0.3 is 6.03 Å². The summed E-state index contributed by atoms with van der Waals surface area (Å²) in [5, 5.41) is 7.28. The number of likely N-dealkylation sites (tertiary alicyclic amines) is 1. The Morgan fingerprint density at radius 1 is 1.32 bits per heavy atom. The average Bonchev–Trinajstić information content (AvgIpc) is 3.19. The molecular weight excluding hydrogens is 314 g/mol. The highest BCUT2D eigenvalue weighted by atomic mass is 16.2. The third kappa shape index (κ3) is 3.13. The number of carbonyl (C=O) groups is 1. The van der Waals surface area contributed by atoms with Crippen molar-refractivity contribution in [3.8, 4) is 0 Å². The summed E-state index contributed by atoms with van der Waals surface area (Å²) in [5.41, 5.74) is 1.66. The second-order valence-electron chi connectivity index (χ2n) is 7.38. The maximum Gasteiger partial charge on any atom is 0.317 e. The summed E-state index contributed by atoms with van der Waals surface area (Å²) < 4.78 is 1.68. The number of aryl methyl sites for hydroxylation is 1. The number of nitrogens with one attached hydrogen (secondary N) is 1. The number of benzene rings is 1. The number of nitrogens with zero attached hydrogens (tertiary/aromatic N) is 4. The lowest BCUT2D eigenvalue weighted by atomic mass is 9.61. The molecule has 132 valence electrons. The van der Waals surface area contributed by atoms with Crippen LogP contribution in [0.1, 0.15) is 36.6 Å². The Bertz CT molecular complexity index is 737. The van der Waals surface area contributed by atoms with Crippen molar-refractivity contribution >= 4 is 6.03 Å². The van der Waals surface area contributed by atoms with Crippen LogP contribution >= 0.6 is 0 Å². The van der Waals surface area contributed by atoms with E-state index >= 15 is 0 Å². The van der Waals surface area contributed by atoms with Crippen LogP contribution in [0, 0.1) is 5.41 Å². The number of hydrogen-bond acceptors (Lipinski definition) is 3. The third-order valence-electron chi connectivity index (χ3n) is 5.76. The lowest BCUT2D eigenvalue weighted by Gasteiger charge is -2.43. The van der Waals surface area contributed by atoms with E-state index in [-0.39, 0.29) is 6.03 Å². The van der Waals surface area contributed by atoms with Crippen LogP contribution in [0.3, 0.4) is 0 Å². The smallest absolute Gasteiger partial charge is 0.317 e. The molecule has 2 amide bonds. The van der Waals surface area contributed by atoms with E-state index in [1.807, 2.05) is 11.9 Å².